The Morgan fingerprint density at radius 3 is 2.65 bits per heavy atom. The quantitative estimate of drug-likeness (QED) is 0.814. The van der Waals surface area contributed by atoms with Crippen LogP contribution in [0.25, 0.3) is 0 Å². The topological polar surface area (TPSA) is 41.3 Å². The van der Waals surface area contributed by atoms with E-state index >= 15 is 0 Å². The van der Waals surface area contributed by atoms with Crippen LogP contribution in [-0.2, 0) is 13.1 Å². The Hall–Kier alpha value is -0.870. The SMILES string of the molecule is CCN(Cc1c(C)nn(CCO)c1C)C1CC1. The van der Waals surface area contributed by atoms with Crippen LogP contribution in [0.1, 0.15) is 36.7 Å². The van der Waals surface area contributed by atoms with Crippen molar-refractivity contribution in [1.82, 2.24) is 14.7 Å². The molecular weight excluding hydrogens is 214 g/mol. The van der Waals surface area contributed by atoms with E-state index in [9.17, 15) is 0 Å². The van der Waals surface area contributed by atoms with Gasteiger partial charge in [0.2, 0.25) is 0 Å². The van der Waals surface area contributed by atoms with Gasteiger partial charge in [-0.3, -0.25) is 9.58 Å². The van der Waals surface area contributed by atoms with Crippen molar-refractivity contribution in [2.75, 3.05) is 13.2 Å². The number of aromatic nitrogens is 2. The molecule has 2 rings (SSSR count). The first kappa shape index (κ1) is 12.6. The fourth-order valence-electron chi connectivity index (χ4n) is 2.42. The molecule has 1 N–H and O–H groups in total. The van der Waals surface area contributed by atoms with Gasteiger partial charge in [0.25, 0.3) is 0 Å². The summed E-state index contributed by atoms with van der Waals surface area (Å²) in [7, 11) is 0. The van der Waals surface area contributed by atoms with Gasteiger partial charge in [0.1, 0.15) is 0 Å². The van der Waals surface area contributed by atoms with Crippen molar-refractivity contribution in [2.24, 2.45) is 0 Å². The van der Waals surface area contributed by atoms with Gasteiger partial charge < -0.3 is 5.11 Å². The summed E-state index contributed by atoms with van der Waals surface area (Å²) in [6.45, 7) is 9.26. The van der Waals surface area contributed by atoms with Gasteiger partial charge in [-0.2, -0.15) is 5.10 Å². The van der Waals surface area contributed by atoms with Crippen LogP contribution in [0.5, 0.6) is 0 Å². The second kappa shape index (κ2) is 5.19. The van der Waals surface area contributed by atoms with E-state index in [1.807, 2.05) is 4.68 Å². The third-order valence-electron chi connectivity index (χ3n) is 3.67. The molecule has 0 bridgehead atoms. The largest absolute Gasteiger partial charge is 0.394 e. The van der Waals surface area contributed by atoms with Crippen LogP contribution in [-0.4, -0.2) is 39.0 Å². The predicted octanol–water partition coefficient (Wildman–Crippen LogP) is 1.48. The van der Waals surface area contributed by atoms with Crippen LogP contribution in [0.3, 0.4) is 0 Å². The van der Waals surface area contributed by atoms with Crippen molar-refractivity contribution in [3.8, 4) is 0 Å². The first-order valence-corrected chi connectivity index (χ1v) is 6.55. The number of aryl methyl sites for hydroxylation is 1. The molecule has 1 aliphatic rings. The van der Waals surface area contributed by atoms with Crippen molar-refractivity contribution < 1.29 is 5.11 Å². The lowest BCUT2D eigenvalue weighted by atomic mass is 10.2. The molecule has 0 atom stereocenters. The number of nitrogens with zero attached hydrogens (tertiary/aromatic N) is 3. The van der Waals surface area contributed by atoms with Gasteiger partial charge in [0.15, 0.2) is 0 Å². The first-order chi connectivity index (χ1) is 8.17. The Morgan fingerprint density at radius 1 is 1.41 bits per heavy atom. The Balaban J connectivity index is 2.13. The second-order valence-electron chi connectivity index (χ2n) is 4.89. The zero-order valence-corrected chi connectivity index (χ0v) is 11.1. The van der Waals surface area contributed by atoms with Crippen molar-refractivity contribution in [3.63, 3.8) is 0 Å². The molecule has 0 spiro atoms. The first-order valence-electron chi connectivity index (χ1n) is 6.55. The summed E-state index contributed by atoms with van der Waals surface area (Å²) in [5.41, 5.74) is 3.65. The standard InChI is InChI=1S/C13H23N3O/c1-4-15(12-5-6-12)9-13-10(2)14-16(7-8-17)11(13)3/h12,17H,4-9H2,1-3H3. The van der Waals surface area contributed by atoms with E-state index in [-0.39, 0.29) is 6.61 Å². The maximum atomic E-state index is 9.00. The Labute approximate surface area is 103 Å². The van der Waals surface area contributed by atoms with Crippen LogP contribution < -0.4 is 0 Å². The molecule has 4 nitrogen and oxygen atoms in total. The molecule has 1 heterocycles. The number of aliphatic hydroxyl groups excluding tert-OH is 1. The Morgan fingerprint density at radius 2 is 2.12 bits per heavy atom. The molecule has 1 aromatic rings. The summed E-state index contributed by atoms with van der Waals surface area (Å²) in [6, 6.07) is 0.792. The van der Waals surface area contributed by atoms with Crippen LogP contribution >= 0.6 is 0 Å². The lowest BCUT2D eigenvalue weighted by Gasteiger charge is -2.19. The number of rotatable bonds is 6. The lowest BCUT2D eigenvalue weighted by Crippen LogP contribution is -2.25. The normalized spacial score (nSPS) is 15.8. The third-order valence-corrected chi connectivity index (χ3v) is 3.67. The number of aliphatic hydroxyl groups is 1. The van der Waals surface area contributed by atoms with Crippen LogP contribution in [0.2, 0.25) is 0 Å². The molecule has 1 aromatic heterocycles. The third kappa shape index (κ3) is 2.69. The molecule has 4 heteroatoms. The van der Waals surface area contributed by atoms with Crippen LogP contribution in [0.4, 0.5) is 0 Å². The van der Waals surface area contributed by atoms with Crippen molar-refractivity contribution >= 4 is 0 Å². The lowest BCUT2D eigenvalue weighted by molar-refractivity contribution is 0.264. The fraction of sp³-hybridized carbons (Fsp3) is 0.769. The molecule has 0 unspecified atom stereocenters. The molecule has 1 saturated carbocycles. The molecule has 0 saturated heterocycles. The van der Waals surface area contributed by atoms with Crippen molar-refractivity contribution in [2.45, 2.75) is 52.7 Å². The predicted molar refractivity (Wildman–Crippen MR) is 67.9 cm³/mol. The van der Waals surface area contributed by atoms with Crippen LogP contribution in [0.15, 0.2) is 0 Å². The van der Waals surface area contributed by atoms with E-state index in [4.69, 9.17) is 5.11 Å². The smallest absolute Gasteiger partial charge is 0.0644 e. The van der Waals surface area contributed by atoms with Crippen molar-refractivity contribution in [3.05, 3.63) is 17.0 Å². The molecule has 0 amide bonds. The highest BCUT2D eigenvalue weighted by molar-refractivity contribution is 5.24. The minimum Gasteiger partial charge on any atom is -0.394 e. The maximum absolute atomic E-state index is 9.00. The van der Waals surface area contributed by atoms with E-state index in [2.05, 4.69) is 30.8 Å². The Kier molecular flexibility index (Phi) is 3.84. The Bertz CT molecular complexity index is 382. The summed E-state index contributed by atoms with van der Waals surface area (Å²) in [5.74, 6) is 0. The summed E-state index contributed by atoms with van der Waals surface area (Å²) in [5, 5.41) is 13.5. The maximum Gasteiger partial charge on any atom is 0.0644 e. The average molecular weight is 237 g/mol. The zero-order valence-electron chi connectivity index (χ0n) is 11.1. The fourth-order valence-corrected chi connectivity index (χ4v) is 2.42. The zero-order chi connectivity index (χ0) is 12.4. The number of hydrogen-bond acceptors (Lipinski definition) is 3. The van der Waals surface area contributed by atoms with E-state index < -0.39 is 0 Å². The second-order valence-corrected chi connectivity index (χ2v) is 4.89. The summed E-state index contributed by atoms with van der Waals surface area (Å²) in [4.78, 5) is 2.53. The molecule has 1 fully saturated rings. The molecule has 96 valence electrons. The van der Waals surface area contributed by atoms with E-state index in [1.165, 1.54) is 24.1 Å². The number of hydrogen-bond donors (Lipinski definition) is 1. The van der Waals surface area contributed by atoms with E-state index in [0.717, 1.165) is 24.8 Å². The highest BCUT2D eigenvalue weighted by atomic mass is 16.3. The summed E-state index contributed by atoms with van der Waals surface area (Å²) < 4.78 is 1.92. The van der Waals surface area contributed by atoms with Gasteiger partial charge in [-0.05, 0) is 33.2 Å². The van der Waals surface area contributed by atoms with Gasteiger partial charge in [-0.15, -0.1) is 0 Å². The molecule has 1 aliphatic carbocycles. The van der Waals surface area contributed by atoms with Crippen LogP contribution in [0, 0.1) is 13.8 Å². The van der Waals surface area contributed by atoms with Gasteiger partial charge in [0.05, 0.1) is 18.8 Å². The average Bonchev–Trinajstić information content (AvgIpc) is 3.09. The van der Waals surface area contributed by atoms with Gasteiger partial charge in [-0.25, -0.2) is 0 Å². The van der Waals surface area contributed by atoms with Gasteiger partial charge >= 0.3 is 0 Å². The summed E-state index contributed by atoms with van der Waals surface area (Å²) >= 11 is 0. The summed E-state index contributed by atoms with van der Waals surface area (Å²) in [6.07, 6.45) is 2.69. The monoisotopic (exact) mass is 237 g/mol. The molecule has 0 radical (unpaired) electrons. The minimum atomic E-state index is 0.154. The van der Waals surface area contributed by atoms with E-state index in [1.54, 1.807) is 0 Å². The molecule has 0 aromatic carbocycles. The molecular formula is C13H23N3O. The highest BCUT2D eigenvalue weighted by Crippen LogP contribution is 2.29. The van der Waals surface area contributed by atoms with Gasteiger partial charge in [-0.1, -0.05) is 6.92 Å². The highest BCUT2D eigenvalue weighted by Gasteiger charge is 2.28. The minimum absolute atomic E-state index is 0.154. The van der Waals surface area contributed by atoms with E-state index in [0.29, 0.717) is 6.54 Å². The van der Waals surface area contributed by atoms with Crippen molar-refractivity contribution in [1.29, 1.82) is 0 Å². The molecule has 0 aliphatic heterocycles. The van der Waals surface area contributed by atoms with Gasteiger partial charge in [0, 0.05) is 23.8 Å². The molecule has 17 heavy (non-hydrogen) atoms.